The molecule has 7 heteroatoms. The van der Waals surface area contributed by atoms with Gasteiger partial charge in [-0.1, -0.05) is 0 Å². The van der Waals surface area contributed by atoms with Crippen molar-refractivity contribution in [1.29, 1.82) is 0 Å². The molecule has 2 aromatic heterocycles. The Bertz CT molecular complexity index is 887. The first kappa shape index (κ1) is 16.2. The van der Waals surface area contributed by atoms with E-state index in [0.717, 1.165) is 21.5 Å². The number of nitrogens with two attached hydrogens (primary N) is 1. The number of benzene rings is 1. The lowest BCUT2D eigenvalue weighted by molar-refractivity contribution is 0.0383. The molecule has 0 aliphatic rings. The summed E-state index contributed by atoms with van der Waals surface area (Å²) in [5.41, 5.74) is 8.08. The maximum absolute atomic E-state index is 12.3. The number of aryl methyl sites for hydroxylation is 1. The van der Waals surface area contributed by atoms with E-state index in [9.17, 15) is 4.79 Å². The quantitative estimate of drug-likeness (QED) is 0.552. The molecule has 3 N–H and O–H groups in total. The van der Waals surface area contributed by atoms with Crippen LogP contribution in [0, 0.1) is 6.92 Å². The van der Waals surface area contributed by atoms with Crippen LogP contribution in [0.2, 0.25) is 0 Å². The molecule has 6 nitrogen and oxygen atoms in total. The van der Waals surface area contributed by atoms with E-state index in [1.54, 1.807) is 0 Å². The lowest BCUT2D eigenvalue weighted by Gasteiger charge is -2.08. The Morgan fingerprint density at radius 2 is 1.96 bits per heavy atom. The molecular weight excluding hydrogens is 324 g/mol. The Morgan fingerprint density at radius 1 is 1.25 bits per heavy atom. The van der Waals surface area contributed by atoms with Crippen LogP contribution in [0.1, 0.15) is 29.1 Å². The molecule has 0 bridgehead atoms. The maximum atomic E-state index is 12.3. The predicted octanol–water partition coefficient (Wildman–Crippen LogP) is 3.89. The number of fused-ring (bicyclic) bond motifs is 1. The molecule has 0 amide bonds. The fourth-order valence-corrected chi connectivity index (χ4v) is 3.36. The zero-order valence-corrected chi connectivity index (χ0v) is 14.5. The van der Waals surface area contributed by atoms with Gasteiger partial charge in [-0.15, -0.1) is 11.3 Å². The molecular formula is C17H18N4O2S. The van der Waals surface area contributed by atoms with E-state index in [-0.39, 0.29) is 12.1 Å². The lowest BCUT2D eigenvalue weighted by Crippen LogP contribution is -2.11. The zero-order valence-electron chi connectivity index (χ0n) is 13.7. The summed E-state index contributed by atoms with van der Waals surface area (Å²) in [5.74, 6) is 0.325. The number of aromatic nitrogens is 2. The number of nitrogens with zero attached hydrogens (tertiary/aromatic N) is 2. The molecule has 1 aromatic carbocycles. The smallest absolute Gasteiger partial charge is 0.348 e. The molecule has 0 aliphatic heterocycles. The molecule has 124 valence electrons. The van der Waals surface area contributed by atoms with E-state index in [2.05, 4.69) is 15.3 Å². The van der Waals surface area contributed by atoms with Crippen LogP contribution in [0.3, 0.4) is 0 Å². The van der Waals surface area contributed by atoms with Crippen LogP contribution < -0.4 is 11.1 Å². The summed E-state index contributed by atoms with van der Waals surface area (Å²) in [7, 11) is 0. The molecule has 3 rings (SSSR count). The summed E-state index contributed by atoms with van der Waals surface area (Å²) in [6, 6.07) is 7.37. The van der Waals surface area contributed by atoms with Crippen LogP contribution in [-0.4, -0.2) is 22.0 Å². The van der Waals surface area contributed by atoms with Gasteiger partial charge < -0.3 is 15.8 Å². The minimum absolute atomic E-state index is 0.166. The molecule has 0 saturated heterocycles. The second-order valence-electron chi connectivity index (χ2n) is 5.66. The number of nitrogens with one attached hydrogen (secondary N) is 1. The summed E-state index contributed by atoms with van der Waals surface area (Å²) >= 11 is 1.32. The van der Waals surface area contributed by atoms with Crippen molar-refractivity contribution in [2.45, 2.75) is 26.9 Å². The molecule has 3 aromatic rings. The van der Waals surface area contributed by atoms with Gasteiger partial charge in [-0.3, -0.25) is 0 Å². The van der Waals surface area contributed by atoms with Gasteiger partial charge >= 0.3 is 5.97 Å². The maximum Gasteiger partial charge on any atom is 0.348 e. The van der Waals surface area contributed by atoms with Crippen molar-refractivity contribution in [2.24, 2.45) is 0 Å². The zero-order chi connectivity index (χ0) is 17.3. The predicted molar refractivity (Wildman–Crippen MR) is 96.8 cm³/mol. The van der Waals surface area contributed by atoms with Gasteiger partial charge in [0.25, 0.3) is 0 Å². The first-order valence-corrected chi connectivity index (χ1v) is 8.35. The van der Waals surface area contributed by atoms with Crippen molar-refractivity contribution in [1.82, 2.24) is 9.97 Å². The second-order valence-corrected chi connectivity index (χ2v) is 6.66. The van der Waals surface area contributed by atoms with Crippen LogP contribution in [-0.2, 0) is 4.74 Å². The van der Waals surface area contributed by atoms with Crippen LogP contribution >= 0.6 is 11.3 Å². The molecule has 0 fully saturated rings. The number of ether oxygens (including phenoxy) is 1. The number of carbonyl (C=O) groups is 1. The summed E-state index contributed by atoms with van der Waals surface area (Å²) < 4.78 is 5.31. The minimum atomic E-state index is -0.330. The number of anilines is 3. The average molecular weight is 342 g/mol. The Morgan fingerprint density at radius 3 is 2.62 bits per heavy atom. The van der Waals surface area contributed by atoms with Crippen LogP contribution in [0.25, 0.3) is 10.2 Å². The number of carbonyl (C=O) groups excluding carboxylic acids is 1. The van der Waals surface area contributed by atoms with Crippen molar-refractivity contribution in [3.8, 4) is 0 Å². The SMILES string of the molecule is Cc1c(C(=O)OC(C)C)sc2ncnc(Nc3ccc(N)cc3)c12. The molecule has 0 radical (unpaired) electrons. The number of hydrogen-bond donors (Lipinski definition) is 2. The molecule has 0 saturated carbocycles. The molecule has 24 heavy (non-hydrogen) atoms. The van der Waals surface area contributed by atoms with Crippen molar-refractivity contribution in [3.05, 3.63) is 41.0 Å². The van der Waals surface area contributed by atoms with Crippen LogP contribution in [0.4, 0.5) is 17.2 Å². The Balaban J connectivity index is 2.01. The topological polar surface area (TPSA) is 90.1 Å². The van der Waals surface area contributed by atoms with Gasteiger partial charge in [0.15, 0.2) is 0 Å². The second kappa shape index (κ2) is 6.45. The van der Waals surface area contributed by atoms with Crippen LogP contribution in [0.15, 0.2) is 30.6 Å². The highest BCUT2D eigenvalue weighted by Crippen LogP contribution is 2.35. The van der Waals surface area contributed by atoms with Gasteiger partial charge in [-0.25, -0.2) is 14.8 Å². The normalized spacial score (nSPS) is 11.0. The Kier molecular flexibility index (Phi) is 4.35. The summed E-state index contributed by atoms with van der Waals surface area (Å²) in [5, 5.41) is 4.08. The fraction of sp³-hybridized carbons (Fsp3) is 0.235. The van der Waals surface area contributed by atoms with Crippen LogP contribution in [0.5, 0.6) is 0 Å². The highest BCUT2D eigenvalue weighted by Gasteiger charge is 2.21. The standard InChI is InChI=1S/C17H18N4O2S/c1-9(2)23-17(22)14-10(3)13-15(19-8-20-16(13)24-14)21-12-6-4-11(18)5-7-12/h4-9H,18H2,1-3H3,(H,19,20,21). The first-order chi connectivity index (χ1) is 11.5. The van der Waals surface area contributed by atoms with E-state index >= 15 is 0 Å². The van der Waals surface area contributed by atoms with Crippen molar-refractivity contribution in [2.75, 3.05) is 11.1 Å². The fourth-order valence-electron chi connectivity index (χ4n) is 2.33. The Labute approximate surface area is 143 Å². The first-order valence-electron chi connectivity index (χ1n) is 7.53. The summed E-state index contributed by atoms with van der Waals surface area (Å²) in [4.78, 5) is 22.2. The van der Waals surface area contributed by atoms with Gasteiger partial charge in [-0.05, 0) is 50.6 Å². The van der Waals surface area contributed by atoms with Gasteiger partial charge in [0.1, 0.15) is 21.9 Å². The monoisotopic (exact) mass is 342 g/mol. The number of thiophene rings is 1. The van der Waals surface area contributed by atoms with Crippen molar-refractivity contribution in [3.63, 3.8) is 0 Å². The third-order valence-electron chi connectivity index (χ3n) is 3.43. The molecule has 0 atom stereocenters. The molecule has 0 spiro atoms. The molecule has 2 heterocycles. The Hall–Kier alpha value is -2.67. The third-order valence-corrected chi connectivity index (χ3v) is 4.61. The highest BCUT2D eigenvalue weighted by molar-refractivity contribution is 7.20. The van der Waals surface area contributed by atoms with E-state index in [4.69, 9.17) is 10.5 Å². The van der Waals surface area contributed by atoms with E-state index in [0.29, 0.717) is 16.4 Å². The largest absolute Gasteiger partial charge is 0.459 e. The van der Waals surface area contributed by atoms with Gasteiger partial charge in [0.05, 0.1) is 11.5 Å². The van der Waals surface area contributed by atoms with Crippen molar-refractivity contribution >= 4 is 44.7 Å². The van der Waals surface area contributed by atoms with Gasteiger partial charge in [0.2, 0.25) is 0 Å². The number of hydrogen-bond acceptors (Lipinski definition) is 7. The third kappa shape index (κ3) is 3.16. The summed E-state index contributed by atoms with van der Waals surface area (Å²) in [6.45, 7) is 5.54. The lowest BCUT2D eigenvalue weighted by atomic mass is 10.2. The van der Waals surface area contributed by atoms with E-state index in [1.807, 2.05) is 45.0 Å². The minimum Gasteiger partial charge on any atom is -0.459 e. The number of esters is 1. The highest BCUT2D eigenvalue weighted by atomic mass is 32.1. The number of rotatable bonds is 4. The summed E-state index contributed by atoms with van der Waals surface area (Å²) in [6.07, 6.45) is 1.32. The van der Waals surface area contributed by atoms with Gasteiger partial charge in [0, 0.05) is 11.4 Å². The average Bonchev–Trinajstić information content (AvgIpc) is 2.87. The van der Waals surface area contributed by atoms with Gasteiger partial charge in [-0.2, -0.15) is 0 Å². The molecule has 0 aliphatic carbocycles. The van der Waals surface area contributed by atoms with E-state index < -0.39 is 0 Å². The van der Waals surface area contributed by atoms with E-state index in [1.165, 1.54) is 17.7 Å². The van der Waals surface area contributed by atoms with Crippen molar-refractivity contribution < 1.29 is 9.53 Å². The molecule has 0 unspecified atom stereocenters. The number of nitrogen functional groups attached to an aromatic ring is 1.